The second-order valence-corrected chi connectivity index (χ2v) is 7.23. The van der Waals surface area contributed by atoms with Crippen LogP contribution in [0.15, 0.2) is 20.0 Å². The maximum atomic E-state index is 12.5. The molecule has 1 fully saturated rings. The standard InChI is InChI=1S/C11H13BrN2O6S/c1-6(15)13-7-2-3-14(5-7)21(18,19)9-4-8(11(16)17)20-10(9)12/h4,7H,2-3,5H2,1H3,(H,13,15)(H,16,17). The lowest BCUT2D eigenvalue weighted by molar-refractivity contribution is -0.119. The SMILES string of the molecule is CC(=O)NC1CCN(S(=O)(=O)c2cc(C(=O)O)oc2Br)C1. The van der Waals surface area contributed by atoms with Crippen LogP contribution in [0.1, 0.15) is 23.9 Å². The zero-order valence-electron chi connectivity index (χ0n) is 11.0. The Bertz CT molecular complexity index is 683. The third-order valence-electron chi connectivity index (χ3n) is 3.04. The van der Waals surface area contributed by atoms with Gasteiger partial charge in [0.25, 0.3) is 0 Å². The maximum absolute atomic E-state index is 12.5. The van der Waals surface area contributed by atoms with Crippen molar-refractivity contribution in [3.8, 4) is 0 Å². The minimum Gasteiger partial charge on any atom is -0.475 e. The molecule has 1 amide bonds. The van der Waals surface area contributed by atoms with E-state index in [0.29, 0.717) is 6.42 Å². The molecule has 1 aliphatic heterocycles. The van der Waals surface area contributed by atoms with Crippen LogP contribution >= 0.6 is 15.9 Å². The number of carbonyl (C=O) groups is 2. The Morgan fingerprint density at radius 2 is 2.19 bits per heavy atom. The lowest BCUT2D eigenvalue weighted by Crippen LogP contribution is -2.37. The van der Waals surface area contributed by atoms with E-state index in [1.54, 1.807) is 0 Å². The van der Waals surface area contributed by atoms with Crippen LogP contribution in [0.3, 0.4) is 0 Å². The Kier molecular flexibility index (Phi) is 4.40. The van der Waals surface area contributed by atoms with Crippen molar-refractivity contribution in [3.05, 3.63) is 16.5 Å². The van der Waals surface area contributed by atoms with Crippen LogP contribution < -0.4 is 5.32 Å². The molecule has 1 saturated heterocycles. The predicted molar refractivity (Wildman–Crippen MR) is 74.3 cm³/mol. The Morgan fingerprint density at radius 3 is 2.71 bits per heavy atom. The number of carboxylic acid groups (broad SMARTS) is 1. The lowest BCUT2D eigenvalue weighted by Gasteiger charge is -2.15. The zero-order valence-corrected chi connectivity index (χ0v) is 13.4. The highest BCUT2D eigenvalue weighted by Gasteiger charge is 2.36. The molecule has 2 heterocycles. The van der Waals surface area contributed by atoms with Crippen molar-refractivity contribution in [3.63, 3.8) is 0 Å². The average molecular weight is 381 g/mol. The first kappa shape index (κ1) is 16.0. The Morgan fingerprint density at radius 1 is 1.52 bits per heavy atom. The summed E-state index contributed by atoms with van der Waals surface area (Å²) in [5.74, 6) is -2.04. The van der Waals surface area contributed by atoms with Crippen LogP contribution in [0.4, 0.5) is 0 Å². The van der Waals surface area contributed by atoms with Gasteiger partial charge in [-0.3, -0.25) is 4.79 Å². The second kappa shape index (κ2) is 5.78. The van der Waals surface area contributed by atoms with Crippen LogP contribution in [0, 0.1) is 0 Å². The molecular formula is C11H13BrN2O6S. The third kappa shape index (κ3) is 3.27. The molecule has 0 bridgehead atoms. The van der Waals surface area contributed by atoms with Crippen molar-refractivity contribution < 1.29 is 27.5 Å². The number of aromatic carboxylic acids is 1. The molecule has 0 aliphatic carbocycles. The molecule has 1 aromatic heterocycles. The molecule has 10 heteroatoms. The summed E-state index contributed by atoms with van der Waals surface area (Å²) in [6.07, 6.45) is 0.500. The van der Waals surface area contributed by atoms with Crippen LogP contribution in [0.5, 0.6) is 0 Å². The van der Waals surface area contributed by atoms with Crippen molar-refractivity contribution in [1.29, 1.82) is 0 Å². The van der Waals surface area contributed by atoms with E-state index < -0.39 is 21.8 Å². The molecule has 2 N–H and O–H groups in total. The summed E-state index contributed by atoms with van der Waals surface area (Å²) in [5, 5.41) is 11.5. The van der Waals surface area contributed by atoms with Crippen molar-refractivity contribution >= 4 is 37.8 Å². The zero-order chi connectivity index (χ0) is 15.8. The Balaban J connectivity index is 2.23. The monoisotopic (exact) mass is 380 g/mol. The summed E-state index contributed by atoms with van der Waals surface area (Å²) in [5.41, 5.74) is 0. The molecule has 1 aliphatic rings. The van der Waals surface area contributed by atoms with Gasteiger partial charge < -0.3 is 14.8 Å². The van der Waals surface area contributed by atoms with E-state index in [0.717, 1.165) is 6.07 Å². The topological polar surface area (TPSA) is 117 Å². The average Bonchev–Trinajstić information content (AvgIpc) is 2.95. The van der Waals surface area contributed by atoms with Gasteiger partial charge in [-0.25, -0.2) is 13.2 Å². The van der Waals surface area contributed by atoms with Gasteiger partial charge >= 0.3 is 5.97 Å². The first-order valence-electron chi connectivity index (χ1n) is 6.01. The molecule has 0 radical (unpaired) electrons. The highest BCUT2D eigenvalue weighted by molar-refractivity contribution is 9.10. The van der Waals surface area contributed by atoms with Crippen molar-refractivity contribution in [2.75, 3.05) is 13.1 Å². The Hall–Kier alpha value is -1.39. The van der Waals surface area contributed by atoms with Crippen LogP contribution in [0.25, 0.3) is 0 Å². The number of nitrogens with one attached hydrogen (secondary N) is 1. The van der Waals surface area contributed by atoms with Crippen molar-refractivity contribution in [2.24, 2.45) is 0 Å². The third-order valence-corrected chi connectivity index (χ3v) is 5.76. The number of amides is 1. The predicted octanol–water partition coefficient (Wildman–Crippen LogP) is 0.639. The molecule has 0 saturated carbocycles. The molecule has 1 aromatic rings. The van der Waals surface area contributed by atoms with Gasteiger partial charge in [-0.05, 0) is 22.4 Å². The molecular weight excluding hydrogens is 368 g/mol. The van der Waals surface area contributed by atoms with Gasteiger partial charge in [0.2, 0.25) is 21.7 Å². The lowest BCUT2D eigenvalue weighted by atomic mass is 10.3. The van der Waals surface area contributed by atoms with E-state index in [1.165, 1.54) is 11.2 Å². The number of hydrogen-bond donors (Lipinski definition) is 2. The molecule has 1 atom stereocenters. The van der Waals surface area contributed by atoms with Gasteiger partial charge in [0.05, 0.1) is 0 Å². The van der Waals surface area contributed by atoms with Crippen LogP contribution in [-0.2, 0) is 14.8 Å². The summed E-state index contributed by atoms with van der Waals surface area (Å²) in [6.45, 7) is 1.75. The number of hydrogen-bond acceptors (Lipinski definition) is 5. The summed E-state index contributed by atoms with van der Waals surface area (Å²) in [4.78, 5) is 21.6. The van der Waals surface area contributed by atoms with Crippen LogP contribution in [0.2, 0.25) is 0 Å². The number of carbonyl (C=O) groups excluding carboxylic acids is 1. The molecule has 1 unspecified atom stereocenters. The number of furan rings is 1. The van der Waals surface area contributed by atoms with E-state index in [-0.39, 0.29) is 34.6 Å². The molecule has 2 rings (SSSR count). The summed E-state index contributed by atoms with van der Waals surface area (Å²) in [7, 11) is -3.87. The fourth-order valence-corrected chi connectivity index (χ4v) is 4.53. The van der Waals surface area contributed by atoms with E-state index in [1.807, 2.05) is 0 Å². The maximum Gasteiger partial charge on any atom is 0.371 e. The fraction of sp³-hybridized carbons (Fsp3) is 0.455. The molecule has 21 heavy (non-hydrogen) atoms. The van der Waals surface area contributed by atoms with Gasteiger partial charge in [-0.15, -0.1) is 0 Å². The van der Waals surface area contributed by atoms with E-state index in [2.05, 4.69) is 21.2 Å². The number of rotatable bonds is 4. The van der Waals surface area contributed by atoms with Crippen LogP contribution in [-0.4, -0.2) is 48.8 Å². The number of sulfonamides is 1. The first-order valence-corrected chi connectivity index (χ1v) is 8.25. The van der Waals surface area contributed by atoms with Crippen molar-refractivity contribution in [2.45, 2.75) is 24.3 Å². The fourth-order valence-electron chi connectivity index (χ4n) is 2.12. The molecule has 0 aromatic carbocycles. The number of halogens is 1. The summed E-state index contributed by atoms with van der Waals surface area (Å²) in [6, 6.07) is 0.718. The first-order chi connectivity index (χ1) is 9.71. The summed E-state index contributed by atoms with van der Waals surface area (Å²) < 4.78 is 30.8. The van der Waals surface area contributed by atoms with E-state index in [4.69, 9.17) is 9.52 Å². The smallest absolute Gasteiger partial charge is 0.371 e. The highest BCUT2D eigenvalue weighted by Crippen LogP contribution is 2.30. The van der Waals surface area contributed by atoms with Gasteiger partial charge in [0.15, 0.2) is 4.67 Å². The largest absolute Gasteiger partial charge is 0.475 e. The molecule has 116 valence electrons. The highest BCUT2D eigenvalue weighted by atomic mass is 79.9. The minimum atomic E-state index is -3.87. The molecule has 0 spiro atoms. The normalized spacial score (nSPS) is 19.6. The number of carboxylic acids is 1. The van der Waals surface area contributed by atoms with Gasteiger partial charge in [0.1, 0.15) is 4.90 Å². The van der Waals surface area contributed by atoms with Crippen molar-refractivity contribution in [1.82, 2.24) is 9.62 Å². The summed E-state index contributed by atoms with van der Waals surface area (Å²) >= 11 is 2.92. The van der Waals surface area contributed by atoms with E-state index >= 15 is 0 Å². The Labute approximate surface area is 129 Å². The second-order valence-electron chi connectivity index (χ2n) is 4.60. The number of nitrogens with zero attached hydrogens (tertiary/aromatic N) is 1. The minimum absolute atomic E-state index is 0.141. The van der Waals surface area contributed by atoms with Gasteiger partial charge in [-0.2, -0.15) is 4.31 Å². The molecule has 8 nitrogen and oxygen atoms in total. The van der Waals surface area contributed by atoms with E-state index in [9.17, 15) is 18.0 Å². The quantitative estimate of drug-likeness (QED) is 0.791. The van der Waals surface area contributed by atoms with Gasteiger partial charge in [-0.1, -0.05) is 0 Å². The van der Waals surface area contributed by atoms with Gasteiger partial charge in [0, 0.05) is 32.1 Å².